The normalized spacial score (nSPS) is 17.4. The lowest BCUT2D eigenvalue weighted by Gasteiger charge is -2.32. The number of hydrogen-bond acceptors (Lipinski definition) is 2. The molecule has 2 N–H and O–H groups in total. The van der Waals surface area contributed by atoms with Gasteiger partial charge in [0.05, 0.1) is 5.69 Å². The zero-order valence-corrected chi connectivity index (χ0v) is 14.7. The Morgan fingerprint density at radius 2 is 1.35 bits per heavy atom. The Morgan fingerprint density at radius 3 is 2.08 bits per heavy atom. The highest BCUT2D eigenvalue weighted by atomic mass is 15.2. The van der Waals surface area contributed by atoms with Crippen molar-refractivity contribution in [1.29, 1.82) is 0 Å². The number of anilines is 2. The maximum absolute atomic E-state index is 6.79. The first kappa shape index (κ1) is 16.2. The SMILES string of the molecule is C=C1CC/C(c2ccccc2)=C(/N)N(c2ccccc2)c2ccccc21. The van der Waals surface area contributed by atoms with Gasteiger partial charge in [-0.2, -0.15) is 0 Å². The van der Waals surface area contributed by atoms with Crippen LogP contribution in [0.25, 0.3) is 11.1 Å². The van der Waals surface area contributed by atoms with Crippen LogP contribution in [0.15, 0.2) is 97.3 Å². The zero-order valence-electron chi connectivity index (χ0n) is 14.7. The molecule has 4 rings (SSSR count). The summed E-state index contributed by atoms with van der Waals surface area (Å²) in [4.78, 5) is 2.15. The number of allylic oxidation sites excluding steroid dienone is 2. The molecule has 0 saturated carbocycles. The molecule has 0 spiro atoms. The Labute approximate surface area is 154 Å². The molecule has 0 amide bonds. The molecular formula is C24H22N2. The van der Waals surface area contributed by atoms with Crippen LogP contribution in [0.3, 0.4) is 0 Å². The fourth-order valence-corrected chi connectivity index (χ4v) is 3.56. The van der Waals surface area contributed by atoms with E-state index in [1.807, 2.05) is 24.3 Å². The maximum atomic E-state index is 6.79. The molecule has 0 unspecified atom stereocenters. The molecule has 128 valence electrons. The van der Waals surface area contributed by atoms with Gasteiger partial charge in [0.25, 0.3) is 0 Å². The van der Waals surface area contributed by atoms with Crippen molar-refractivity contribution in [1.82, 2.24) is 0 Å². The molecule has 26 heavy (non-hydrogen) atoms. The molecule has 2 nitrogen and oxygen atoms in total. The molecule has 0 bridgehead atoms. The molecular weight excluding hydrogens is 316 g/mol. The average molecular weight is 338 g/mol. The van der Waals surface area contributed by atoms with E-state index in [9.17, 15) is 0 Å². The molecule has 1 aliphatic heterocycles. The Bertz CT molecular complexity index is 956. The monoisotopic (exact) mass is 338 g/mol. The van der Waals surface area contributed by atoms with Crippen LogP contribution in [0.2, 0.25) is 0 Å². The van der Waals surface area contributed by atoms with Crippen molar-refractivity contribution in [3.05, 3.63) is 108 Å². The lowest BCUT2D eigenvalue weighted by atomic mass is 9.92. The van der Waals surface area contributed by atoms with E-state index < -0.39 is 0 Å². The number of para-hydroxylation sites is 2. The van der Waals surface area contributed by atoms with Gasteiger partial charge in [0.15, 0.2) is 0 Å². The largest absolute Gasteiger partial charge is 0.385 e. The molecule has 0 saturated heterocycles. The number of nitrogens with zero attached hydrogens (tertiary/aromatic N) is 1. The third kappa shape index (κ3) is 2.91. The second kappa shape index (κ2) is 6.93. The number of fused-ring (bicyclic) bond motifs is 1. The summed E-state index contributed by atoms with van der Waals surface area (Å²) in [5, 5.41) is 0. The van der Waals surface area contributed by atoms with Crippen molar-refractivity contribution in [3.63, 3.8) is 0 Å². The average Bonchev–Trinajstić information content (AvgIpc) is 2.69. The summed E-state index contributed by atoms with van der Waals surface area (Å²) in [5.74, 6) is 0.780. The van der Waals surface area contributed by atoms with Crippen LogP contribution in [0, 0.1) is 0 Å². The minimum Gasteiger partial charge on any atom is -0.385 e. The van der Waals surface area contributed by atoms with Gasteiger partial charge in [-0.25, -0.2) is 0 Å². The molecule has 3 aromatic rings. The predicted molar refractivity (Wildman–Crippen MR) is 111 cm³/mol. The van der Waals surface area contributed by atoms with E-state index in [0.29, 0.717) is 0 Å². The number of hydrogen-bond donors (Lipinski definition) is 1. The molecule has 1 heterocycles. The number of benzene rings is 3. The molecule has 3 aromatic carbocycles. The van der Waals surface area contributed by atoms with Gasteiger partial charge in [-0.1, -0.05) is 73.3 Å². The van der Waals surface area contributed by atoms with Crippen LogP contribution in [0.5, 0.6) is 0 Å². The van der Waals surface area contributed by atoms with Gasteiger partial charge in [0, 0.05) is 16.8 Å². The standard InChI is InChI=1S/C24H22N2/c1-18-16-17-22(19-10-4-2-5-11-19)24(25)26(20-12-6-3-7-13-20)23-15-9-8-14-21(18)23/h2-15H,1,16-17,25H2/b24-22+. The summed E-state index contributed by atoms with van der Waals surface area (Å²) in [6.07, 6.45) is 1.76. The minimum absolute atomic E-state index is 0.780. The minimum atomic E-state index is 0.780. The number of nitrogens with two attached hydrogens (primary N) is 1. The smallest absolute Gasteiger partial charge is 0.112 e. The first-order chi connectivity index (χ1) is 12.8. The van der Waals surface area contributed by atoms with Crippen LogP contribution in [-0.4, -0.2) is 0 Å². The van der Waals surface area contributed by atoms with Crippen molar-refractivity contribution in [3.8, 4) is 0 Å². The topological polar surface area (TPSA) is 29.3 Å². The first-order valence-electron chi connectivity index (χ1n) is 8.92. The van der Waals surface area contributed by atoms with E-state index in [4.69, 9.17) is 5.73 Å². The molecule has 0 fully saturated rings. The van der Waals surface area contributed by atoms with Crippen molar-refractivity contribution in [2.24, 2.45) is 5.73 Å². The molecule has 2 heteroatoms. The van der Waals surface area contributed by atoms with E-state index in [1.54, 1.807) is 0 Å². The van der Waals surface area contributed by atoms with Crippen LogP contribution in [0.4, 0.5) is 11.4 Å². The van der Waals surface area contributed by atoms with Gasteiger partial charge in [-0.15, -0.1) is 0 Å². The summed E-state index contributed by atoms with van der Waals surface area (Å²) in [6.45, 7) is 4.35. The van der Waals surface area contributed by atoms with E-state index in [-0.39, 0.29) is 0 Å². The summed E-state index contributed by atoms with van der Waals surface area (Å²) in [5.41, 5.74) is 13.5. The highest BCUT2D eigenvalue weighted by Crippen LogP contribution is 2.41. The molecule has 1 aliphatic rings. The first-order valence-corrected chi connectivity index (χ1v) is 8.92. The van der Waals surface area contributed by atoms with Crippen LogP contribution >= 0.6 is 0 Å². The fourth-order valence-electron chi connectivity index (χ4n) is 3.56. The van der Waals surface area contributed by atoms with Gasteiger partial charge in [0.1, 0.15) is 5.82 Å². The predicted octanol–water partition coefficient (Wildman–Crippen LogP) is 5.96. The second-order valence-electron chi connectivity index (χ2n) is 6.52. The molecule has 0 aromatic heterocycles. The summed E-state index contributed by atoms with van der Waals surface area (Å²) in [7, 11) is 0. The van der Waals surface area contributed by atoms with Crippen molar-refractivity contribution >= 4 is 22.5 Å². The Morgan fingerprint density at radius 1 is 0.731 bits per heavy atom. The van der Waals surface area contributed by atoms with E-state index >= 15 is 0 Å². The van der Waals surface area contributed by atoms with Crippen LogP contribution in [-0.2, 0) is 0 Å². The van der Waals surface area contributed by atoms with Crippen molar-refractivity contribution in [2.75, 3.05) is 4.90 Å². The maximum Gasteiger partial charge on any atom is 0.112 e. The summed E-state index contributed by atoms with van der Waals surface area (Å²) < 4.78 is 0. The van der Waals surface area contributed by atoms with Gasteiger partial charge >= 0.3 is 0 Å². The Kier molecular flexibility index (Phi) is 4.32. The van der Waals surface area contributed by atoms with Gasteiger partial charge < -0.3 is 5.73 Å². The summed E-state index contributed by atoms with van der Waals surface area (Å²) in [6, 6.07) is 29.1. The van der Waals surface area contributed by atoms with E-state index in [1.165, 1.54) is 0 Å². The second-order valence-corrected chi connectivity index (χ2v) is 6.52. The van der Waals surface area contributed by atoms with Gasteiger partial charge in [-0.3, -0.25) is 4.90 Å². The van der Waals surface area contributed by atoms with Crippen molar-refractivity contribution in [2.45, 2.75) is 12.8 Å². The van der Waals surface area contributed by atoms with Gasteiger partial charge in [0.2, 0.25) is 0 Å². The van der Waals surface area contributed by atoms with E-state index in [2.05, 4.69) is 72.1 Å². The molecule has 0 atom stereocenters. The quantitative estimate of drug-likeness (QED) is 0.625. The lowest BCUT2D eigenvalue weighted by molar-refractivity contribution is 1.01. The molecule has 0 aliphatic carbocycles. The Balaban J connectivity index is 1.98. The fraction of sp³-hybridized carbons (Fsp3) is 0.0833. The highest BCUT2D eigenvalue weighted by molar-refractivity contribution is 5.87. The third-order valence-corrected chi connectivity index (χ3v) is 4.89. The Hall–Kier alpha value is -3.26. The van der Waals surface area contributed by atoms with E-state index in [0.717, 1.165) is 52.3 Å². The lowest BCUT2D eigenvalue weighted by Crippen LogP contribution is -2.26. The zero-order chi connectivity index (χ0) is 17.9. The van der Waals surface area contributed by atoms with Gasteiger partial charge in [-0.05, 0) is 42.2 Å². The number of rotatable bonds is 2. The summed E-state index contributed by atoms with van der Waals surface area (Å²) >= 11 is 0. The van der Waals surface area contributed by atoms with Crippen molar-refractivity contribution < 1.29 is 0 Å². The van der Waals surface area contributed by atoms with Crippen LogP contribution in [0.1, 0.15) is 24.0 Å². The molecule has 0 radical (unpaired) electrons. The highest BCUT2D eigenvalue weighted by Gasteiger charge is 2.23. The van der Waals surface area contributed by atoms with Crippen LogP contribution < -0.4 is 10.6 Å². The third-order valence-electron chi connectivity index (χ3n) is 4.89.